The van der Waals surface area contributed by atoms with Gasteiger partial charge in [0, 0.05) is 0 Å². The van der Waals surface area contributed by atoms with Gasteiger partial charge in [-0.05, 0) is 37.6 Å². The fourth-order valence-corrected chi connectivity index (χ4v) is 3.26. The van der Waals surface area contributed by atoms with Gasteiger partial charge in [0.15, 0.2) is 11.5 Å². The Labute approximate surface area is 143 Å². The molecule has 24 heavy (non-hydrogen) atoms. The molecule has 0 saturated heterocycles. The van der Waals surface area contributed by atoms with Gasteiger partial charge in [0.05, 0.1) is 11.6 Å². The van der Waals surface area contributed by atoms with E-state index in [4.69, 9.17) is 14.2 Å². The van der Waals surface area contributed by atoms with Crippen molar-refractivity contribution in [3.63, 3.8) is 0 Å². The molecule has 126 valence electrons. The Hall–Kier alpha value is -2.54. The normalized spacial score (nSPS) is 15.7. The number of anilines is 1. The van der Waals surface area contributed by atoms with Crippen LogP contribution in [0.2, 0.25) is 0 Å². The van der Waals surface area contributed by atoms with Crippen LogP contribution >= 0.6 is 11.3 Å². The molecule has 1 aromatic heterocycles. The van der Waals surface area contributed by atoms with Crippen molar-refractivity contribution in [1.29, 1.82) is 0 Å². The van der Waals surface area contributed by atoms with Crippen LogP contribution in [0.25, 0.3) is 0 Å². The summed E-state index contributed by atoms with van der Waals surface area (Å²) < 4.78 is 16.2. The highest BCUT2D eigenvalue weighted by Crippen LogP contribution is 2.32. The van der Waals surface area contributed by atoms with Crippen LogP contribution in [0.5, 0.6) is 11.5 Å². The van der Waals surface area contributed by atoms with Crippen molar-refractivity contribution in [2.24, 2.45) is 0 Å². The van der Waals surface area contributed by atoms with E-state index < -0.39 is 6.10 Å². The molecule has 7 heteroatoms. The Bertz CT molecular complexity index is 770. The van der Waals surface area contributed by atoms with Crippen LogP contribution in [-0.4, -0.2) is 31.2 Å². The molecule has 0 spiro atoms. The van der Waals surface area contributed by atoms with Crippen LogP contribution in [-0.2, 0) is 9.53 Å². The number of carbonyl (C=O) groups excluding carboxylic acids is 2. The van der Waals surface area contributed by atoms with Crippen LogP contribution < -0.4 is 14.8 Å². The molecule has 0 aliphatic carbocycles. The van der Waals surface area contributed by atoms with Gasteiger partial charge in [-0.3, -0.25) is 4.79 Å². The average molecular weight is 347 g/mol. The molecule has 1 aromatic carbocycles. The molecule has 0 saturated carbocycles. The summed E-state index contributed by atoms with van der Waals surface area (Å²) >= 11 is 1.18. The molecule has 0 radical (unpaired) electrons. The molecular weight excluding hydrogens is 330 g/mol. The van der Waals surface area contributed by atoms with Crippen molar-refractivity contribution in [2.45, 2.75) is 20.0 Å². The number of benzene rings is 1. The lowest BCUT2D eigenvalue weighted by Crippen LogP contribution is -2.40. The Morgan fingerprint density at radius 1 is 1.33 bits per heavy atom. The van der Waals surface area contributed by atoms with Gasteiger partial charge >= 0.3 is 5.97 Å². The van der Waals surface area contributed by atoms with Crippen LogP contribution in [0.15, 0.2) is 30.3 Å². The zero-order chi connectivity index (χ0) is 17.1. The van der Waals surface area contributed by atoms with Gasteiger partial charge in [-0.15, -0.1) is 11.3 Å². The molecule has 1 aliphatic rings. The minimum Gasteiger partial charge on any atom is -0.485 e. The molecule has 1 atom stereocenters. The topological polar surface area (TPSA) is 73.9 Å². The molecule has 0 fully saturated rings. The number of para-hydroxylation sites is 2. The van der Waals surface area contributed by atoms with Crippen molar-refractivity contribution in [3.8, 4) is 11.5 Å². The molecule has 2 aromatic rings. The van der Waals surface area contributed by atoms with Gasteiger partial charge in [0.1, 0.15) is 11.5 Å². The first-order valence-corrected chi connectivity index (χ1v) is 8.37. The van der Waals surface area contributed by atoms with E-state index in [0.29, 0.717) is 28.0 Å². The van der Waals surface area contributed by atoms with Crippen molar-refractivity contribution >= 4 is 28.2 Å². The third-order valence-corrected chi connectivity index (χ3v) is 4.56. The zero-order valence-electron chi connectivity index (χ0n) is 13.3. The maximum Gasteiger partial charge on any atom is 0.348 e. The second-order valence-electron chi connectivity index (χ2n) is 5.20. The maximum atomic E-state index is 12.4. The highest BCUT2D eigenvalue weighted by atomic mass is 32.1. The Morgan fingerprint density at radius 2 is 2.08 bits per heavy atom. The van der Waals surface area contributed by atoms with Crippen LogP contribution in [0.3, 0.4) is 0 Å². The number of nitrogens with one attached hydrogen (secondary N) is 1. The van der Waals surface area contributed by atoms with E-state index in [2.05, 4.69) is 5.32 Å². The van der Waals surface area contributed by atoms with E-state index in [0.717, 1.165) is 5.56 Å². The minimum atomic E-state index is -0.742. The maximum absolute atomic E-state index is 12.4. The van der Waals surface area contributed by atoms with Gasteiger partial charge in [0.25, 0.3) is 5.91 Å². The van der Waals surface area contributed by atoms with Crippen LogP contribution in [0.4, 0.5) is 5.00 Å². The summed E-state index contributed by atoms with van der Waals surface area (Å²) in [7, 11) is 0. The second-order valence-corrected chi connectivity index (χ2v) is 6.25. The van der Waals surface area contributed by atoms with Crippen molar-refractivity contribution < 1.29 is 23.8 Å². The van der Waals surface area contributed by atoms with Crippen LogP contribution in [0.1, 0.15) is 22.2 Å². The number of carbonyl (C=O) groups is 2. The molecule has 2 heterocycles. The fraction of sp³-hybridized carbons (Fsp3) is 0.294. The lowest BCUT2D eigenvalue weighted by atomic mass is 10.2. The number of amides is 1. The molecule has 1 aliphatic heterocycles. The first-order valence-electron chi connectivity index (χ1n) is 7.55. The third kappa shape index (κ3) is 3.35. The monoisotopic (exact) mass is 347 g/mol. The highest BCUT2D eigenvalue weighted by molar-refractivity contribution is 7.18. The van der Waals surface area contributed by atoms with Crippen molar-refractivity contribution in [1.82, 2.24) is 0 Å². The Kier molecular flexibility index (Phi) is 4.71. The minimum absolute atomic E-state index is 0.137. The second kappa shape index (κ2) is 6.92. The lowest BCUT2D eigenvalue weighted by Gasteiger charge is -2.25. The van der Waals surface area contributed by atoms with E-state index >= 15 is 0 Å². The molecule has 3 rings (SSSR count). The summed E-state index contributed by atoms with van der Waals surface area (Å²) in [5, 5.41) is 3.34. The number of fused-ring (bicyclic) bond motifs is 1. The fourth-order valence-electron chi connectivity index (χ4n) is 2.29. The van der Waals surface area contributed by atoms with Crippen molar-refractivity contribution in [2.75, 3.05) is 18.5 Å². The van der Waals surface area contributed by atoms with E-state index in [1.807, 2.05) is 12.1 Å². The Morgan fingerprint density at radius 3 is 2.83 bits per heavy atom. The number of ether oxygens (including phenoxy) is 3. The first-order chi connectivity index (χ1) is 11.6. The smallest absolute Gasteiger partial charge is 0.348 e. The molecular formula is C17H17NO5S. The molecule has 1 N–H and O–H groups in total. The number of hydrogen-bond acceptors (Lipinski definition) is 6. The average Bonchev–Trinajstić information content (AvgIpc) is 2.95. The van der Waals surface area contributed by atoms with Gasteiger partial charge in [0.2, 0.25) is 6.10 Å². The van der Waals surface area contributed by atoms with E-state index in [1.165, 1.54) is 11.3 Å². The quantitative estimate of drug-likeness (QED) is 0.861. The molecule has 1 amide bonds. The number of aryl methyl sites for hydroxylation is 1. The molecule has 0 bridgehead atoms. The summed E-state index contributed by atoms with van der Waals surface area (Å²) in [6.07, 6.45) is -0.742. The summed E-state index contributed by atoms with van der Waals surface area (Å²) in [6.45, 7) is 4.00. The van der Waals surface area contributed by atoms with Gasteiger partial charge in [-0.25, -0.2) is 4.79 Å². The summed E-state index contributed by atoms with van der Waals surface area (Å²) in [5.41, 5.74) is 0.764. The molecule has 1 unspecified atom stereocenters. The van der Waals surface area contributed by atoms with Crippen molar-refractivity contribution in [3.05, 3.63) is 40.8 Å². The van der Waals surface area contributed by atoms with Gasteiger partial charge in [-0.1, -0.05) is 12.1 Å². The number of hydrogen-bond donors (Lipinski definition) is 1. The first kappa shape index (κ1) is 16.3. The third-order valence-electron chi connectivity index (χ3n) is 3.43. The largest absolute Gasteiger partial charge is 0.485 e. The molecule has 6 nitrogen and oxygen atoms in total. The van der Waals surface area contributed by atoms with Gasteiger partial charge in [-0.2, -0.15) is 0 Å². The number of rotatable bonds is 4. The summed E-state index contributed by atoms with van der Waals surface area (Å²) in [6, 6.07) is 8.94. The van der Waals surface area contributed by atoms with Crippen LogP contribution in [0, 0.1) is 6.92 Å². The summed E-state index contributed by atoms with van der Waals surface area (Å²) in [5.74, 6) is 0.462. The predicted molar refractivity (Wildman–Crippen MR) is 90.0 cm³/mol. The zero-order valence-corrected chi connectivity index (χ0v) is 14.1. The Balaban J connectivity index is 1.68. The van der Waals surface area contributed by atoms with Gasteiger partial charge < -0.3 is 19.5 Å². The number of thiophene rings is 1. The summed E-state index contributed by atoms with van der Waals surface area (Å²) in [4.78, 5) is 24.7. The standard InChI is InChI=1S/C17H17NO5S/c1-3-21-17(20)15-10(2)8-14(24-15)18-16(19)13-9-22-11-6-4-5-7-12(11)23-13/h4-8,13H,3,9H2,1-2H3,(H,18,19). The van der Waals surface area contributed by atoms with E-state index in [1.54, 1.807) is 32.0 Å². The van der Waals surface area contributed by atoms with E-state index in [-0.39, 0.29) is 18.5 Å². The highest BCUT2D eigenvalue weighted by Gasteiger charge is 2.28. The number of esters is 1. The predicted octanol–water partition coefficient (Wildman–Crippen LogP) is 3.01. The SMILES string of the molecule is CCOC(=O)c1sc(NC(=O)C2COc3ccccc3O2)cc1C. The lowest BCUT2D eigenvalue weighted by molar-refractivity contribution is -0.125. The van der Waals surface area contributed by atoms with E-state index in [9.17, 15) is 9.59 Å².